The molecular weight excluding hydrogens is 278 g/mol. The van der Waals surface area contributed by atoms with Gasteiger partial charge in [-0.15, -0.1) is 0 Å². The highest BCUT2D eigenvalue weighted by molar-refractivity contribution is 5.86. The summed E-state index contributed by atoms with van der Waals surface area (Å²) in [6.45, 7) is 0.0747. The fourth-order valence-corrected chi connectivity index (χ4v) is 1.46. The van der Waals surface area contributed by atoms with Crippen molar-refractivity contribution in [2.45, 2.75) is 0 Å². The van der Waals surface area contributed by atoms with Gasteiger partial charge in [-0.2, -0.15) is 0 Å². The van der Waals surface area contributed by atoms with Gasteiger partial charge >= 0.3 is 5.97 Å². The molecule has 8 nitrogen and oxygen atoms in total. The Bertz CT molecular complexity index is 633. The molecule has 0 spiro atoms. The summed E-state index contributed by atoms with van der Waals surface area (Å²) in [4.78, 5) is 29.2. The van der Waals surface area contributed by atoms with Gasteiger partial charge in [0, 0.05) is 18.5 Å². The average Bonchev–Trinajstić information content (AvgIpc) is 2.52. The molecule has 0 fully saturated rings. The summed E-state index contributed by atoms with van der Waals surface area (Å²) >= 11 is 0. The van der Waals surface area contributed by atoms with Crippen molar-refractivity contribution >= 4 is 11.7 Å². The van der Waals surface area contributed by atoms with E-state index in [-0.39, 0.29) is 24.6 Å². The summed E-state index contributed by atoms with van der Waals surface area (Å²) in [5.41, 5.74) is 0.0388. The van der Waals surface area contributed by atoms with E-state index in [1.54, 1.807) is 6.07 Å². The molecule has 8 heteroatoms. The van der Waals surface area contributed by atoms with Crippen molar-refractivity contribution in [1.29, 1.82) is 0 Å². The molecule has 0 N–H and O–H groups in total. The first-order valence-electron chi connectivity index (χ1n) is 5.97. The zero-order valence-electron chi connectivity index (χ0n) is 10.8. The molecule has 0 atom stereocenters. The first kappa shape index (κ1) is 14.4. The van der Waals surface area contributed by atoms with Crippen molar-refractivity contribution in [3.05, 3.63) is 58.7 Å². The van der Waals surface area contributed by atoms with Crippen LogP contribution in [0.4, 0.5) is 5.69 Å². The maximum Gasteiger partial charge on any atom is 0.358 e. The molecule has 0 aliphatic rings. The topological polar surface area (TPSA) is 104 Å². The van der Waals surface area contributed by atoms with Crippen molar-refractivity contribution in [1.82, 2.24) is 9.97 Å². The number of carbonyl (C=O) groups is 1. The number of rotatable bonds is 6. The Balaban J connectivity index is 1.79. The summed E-state index contributed by atoms with van der Waals surface area (Å²) in [6.07, 6.45) is 4.13. The highest BCUT2D eigenvalue weighted by Gasteiger charge is 2.09. The van der Waals surface area contributed by atoms with E-state index in [4.69, 9.17) is 9.47 Å². The van der Waals surface area contributed by atoms with Crippen molar-refractivity contribution in [3.8, 4) is 5.75 Å². The van der Waals surface area contributed by atoms with E-state index in [9.17, 15) is 14.9 Å². The van der Waals surface area contributed by atoms with Crippen molar-refractivity contribution in [2.24, 2.45) is 0 Å². The molecule has 0 saturated carbocycles. The third-order valence-electron chi connectivity index (χ3n) is 2.39. The van der Waals surface area contributed by atoms with Crippen molar-refractivity contribution < 1.29 is 19.2 Å². The van der Waals surface area contributed by atoms with Gasteiger partial charge in [0.1, 0.15) is 19.0 Å². The van der Waals surface area contributed by atoms with Gasteiger partial charge in [-0.1, -0.05) is 6.07 Å². The molecule has 0 bridgehead atoms. The fraction of sp³-hybridized carbons (Fsp3) is 0.154. The minimum absolute atomic E-state index is 0.00189. The average molecular weight is 289 g/mol. The van der Waals surface area contributed by atoms with E-state index in [1.807, 2.05) is 0 Å². The molecule has 0 aliphatic heterocycles. The Labute approximate surface area is 119 Å². The van der Waals surface area contributed by atoms with Crippen LogP contribution >= 0.6 is 0 Å². The number of benzene rings is 1. The van der Waals surface area contributed by atoms with E-state index in [2.05, 4.69) is 9.97 Å². The van der Waals surface area contributed by atoms with Gasteiger partial charge in [-0.25, -0.2) is 9.78 Å². The Morgan fingerprint density at radius 3 is 2.86 bits per heavy atom. The monoisotopic (exact) mass is 289 g/mol. The molecule has 0 unspecified atom stereocenters. The largest absolute Gasteiger partial charge is 0.490 e. The lowest BCUT2D eigenvalue weighted by Gasteiger charge is -2.06. The number of aromatic nitrogens is 2. The molecule has 0 saturated heterocycles. The summed E-state index contributed by atoms with van der Waals surface area (Å²) in [5, 5.41) is 10.6. The molecule has 108 valence electrons. The minimum atomic E-state index is -0.606. The van der Waals surface area contributed by atoms with Gasteiger partial charge in [0.05, 0.1) is 17.2 Å². The van der Waals surface area contributed by atoms with E-state index >= 15 is 0 Å². The van der Waals surface area contributed by atoms with E-state index in [0.29, 0.717) is 5.75 Å². The fourth-order valence-electron chi connectivity index (χ4n) is 1.46. The minimum Gasteiger partial charge on any atom is -0.490 e. The highest BCUT2D eigenvalue weighted by atomic mass is 16.6. The van der Waals surface area contributed by atoms with Crippen LogP contribution in [0, 0.1) is 10.1 Å². The molecule has 1 heterocycles. The lowest BCUT2D eigenvalue weighted by Crippen LogP contribution is -2.13. The Hall–Kier alpha value is -3.03. The molecule has 1 aromatic carbocycles. The molecule has 0 radical (unpaired) electrons. The molecule has 21 heavy (non-hydrogen) atoms. The lowest BCUT2D eigenvalue weighted by molar-refractivity contribution is -0.384. The summed E-state index contributed by atoms with van der Waals surface area (Å²) in [5.74, 6) is -0.273. The van der Waals surface area contributed by atoms with Crippen LogP contribution in [0.1, 0.15) is 10.5 Å². The number of nitro groups is 1. The second kappa shape index (κ2) is 6.94. The maximum absolute atomic E-state index is 11.5. The zero-order valence-corrected chi connectivity index (χ0v) is 10.8. The SMILES string of the molecule is O=C(OCCOc1cccc([N+](=O)[O-])c1)c1cnccn1. The number of hydrogen-bond acceptors (Lipinski definition) is 7. The van der Waals surface area contributed by atoms with E-state index in [1.165, 1.54) is 36.8 Å². The number of nitrogens with zero attached hydrogens (tertiary/aromatic N) is 3. The first-order chi connectivity index (χ1) is 10.2. The van der Waals surface area contributed by atoms with Gasteiger partial charge in [0.25, 0.3) is 5.69 Å². The van der Waals surface area contributed by atoms with Crippen LogP contribution in [0.2, 0.25) is 0 Å². The summed E-state index contributed by atoms with van der Waals surface area (Å²) in [7, 11) is 0. The standard InChI is InChI=1S/C13H11N3O5/c17-13(12-9-14-4-5-15-12)21-7-6-20-11-3-1-2-10(8-11)16(18)19/h1-5,8-9H,6-7H2. The van der Waals surface area contributed by atoms with Crippen LogP contribution < -0.4 is 4.74 Å². The van der Waals surface area contributed by atoms with Gasteiger partial charge < -0.3 is 9.47 Å². The molecular formula is C13H11N3O5. The number of carbonyl (C=O) groups excluding carboxylic acids is 1. The third kappa shape index (κ3) is 4.23. The van der Waals surface area contributed by atoms with Crippen LogP contribution in [0.5, 0.6) is 5.75 Å². The Kier molecular flexibility index (Phi) is 4.75. The van der Waals surface area contributed by atoms with Crippen molar-refractivity contribution in [3.63, 3.8) is 0 Å². The number of non-ortho nitro benzene ring substituents is 1. The zero-order chi connectivity index (χ0) is 15.1. The van der Waals surface area contributed by atoms with Gasteiger partial charge in [0.15, 0.2) is 5.69 Å². The predicted molar refractivity (Wildman–Crippen MR) is 70.9 cm³/mol. The van der Waals surface area contributed by atoms with E-state index in [0.717, 1.165) is 0 Å². The van der Waals surface area contributed by atoms with Gasteiger partial charge in [-0.05, 0) is 6.07 Å². The number of ether oxygens (including phenoxy) is 2. The lowest BCUT2D eigenvalue weighted by atomic mass is 10.3. The quantitative estimate of drug-likeness (QED) is 0.344. The molecule has 2 aromatic rings. The van der Waals surface area contributed by atoms with Gasteiger partial charge in [0.2, 0.25) is 0 Å². The van der Waals surface area contributed by atoms with Crippen LogP contribution in [-0.4, -0.2) is 34.1 Å². The number of nitro benzene ring substituents is 1. The van der Waals surface area contributed by atoms with Crippen LogP contribution in [-0.2, 0) is 4.74 Å². The van der Waals surface area contributed by atoms with Gasteiger partial charge in [-0.3, -0.25) is 15.1 Å². The number of esters is 1. The van der Waals surface area contributed by atoms with Crippen LogP contribution in [0.25, 0.3) is 0 Å². The smallest absolute Gasteiger partial charge is 0.358 e. The highest BCUT2D eigenvalue weighted by Crippen LogP contribution is 2.18. The summed E-state index contributed by atoms with van der Waals surface area (Å²) < 4.78 is 10.2. The predicted octanol–water partition coefficient (Wildman–Crippen LogP) is 1.62. The second-order valence-corrected chi connectivity index (χ2v) is 3.83. The Morgan fingerprint density at radius 1 is 1.29 bits per heavy atom. The molecule has 1 aromatic heterocycles. The van der Waals surface area contributed by atoms with Crippen LogP contribution in [0.3, 0.4) is 0 Å². The molecule has 0 aliphatic carbocycles. The molecule has 2 rings (SSSR count). The normalized spacial score (nSPS) is 9.90. The Morgan fingerprint density at radius 2 is 2.14 bits per heavy atom. The maximum atomic E-state index is 11.5. The van der Waals surface area contributed by atoms with E-state index < -0.39 is 10.9 Å². The number of hydrogen-bond donors (Lipinski definition) is 0. The van der Waals surface area contributed by atoms with Crippen LogP contribution in [0.15, 0.2) is 42.9 Å². The summed E-state index contributed by atoms with van der Waals surface area (Å²) in [6, 6.07) is 5.75. The third-order valence-corrected chi connectivity index (χ3v) is 2.39. The van der Waals surface area contributed by atoms with Crippen molar-refractivity contribution in [2.75, 3.05) is 13.2 Å². The second-order valence-electron chi connectivity index (χ2n) is 3.83. The molecule has 0 amide bonds. The first-order valence-corrected chi connectivity index (χ1v) is 5.97.